The number of hydrogen-bond acceptors (Lipinski definition) is 7. The zero-order valence-corrected chi connectivity index (χ0v) is 20.4. The zero-order chi connectivity index (χ0) is 23.9. The molecule has 36 heavy (non-hydrogen) atoms. The molecule has 182 valence electrons. The lowest BCUT2D eigenvalue weighted by Crippen LogP contribution is -2.47. The van der Waals surface area contributed by atoms with Gasteiger partial charge in [-0.1, -0.05) is 24.6 Å². The minimum Gasteiger partial charge on any atom is -0.351 e. The molecule has 3 aliphatic rings. The van der Waals surface area contributed by atoms with E-state index in [1.54, 1.807) is 0 Å². The highest BCUT2D eigenvalue weighted by atomic mass is 15.3. The molecule has 1 aromatic carbocycles. The smallest absolute Gasteiger partial charge is 0.162 e. The molecular weight excluding hydrogens is 446 g/mol. The third-order valence-corrected chi connectivity index (χ3v) is 8.13. The molecule has 2 saturated heterocycles. The molecule has 3 fully saturated rings. The van der Waals surface area contributed by atoms with Crippen LogP contribution in [0.1, 0.15) is 50.0 Å². The van der Waals surface area contributed by atoms with Gasteiger partial charge in [0.2, 0.25) is 0 Å². The first kappa shape index (κ1) is 21.7. The number of fused-ring (bicyclic) bond motifs is 2. The third kappa shape index (κ3) is 3.88. The van der Waals surface area contributed by atoms with Crippen molar-refractivity contribution < 1.29 is 0 Å². The molecule has 7 heteroatoms. The Bertz CT molecular complexity index is 1390. The first-order chi connectivity index (χ1) is 17.8. The summed E-state index contributed by atoms with van der Waals surface area (Å²) in [5, 5.41) is 8.36. The standard InChI is InChI=1S/C29H31N7/c1-2-8-21(9-3-1)33-26-16-20(11-14-32-26)28-34-24-18-30-17-22(19-6-4-7-19)27(24)29(35-28)36-15-12-23-25(36)10-5-13-31-23/h1-3,8-9,11,14,16-19,23,25,31H,4-7,10,12-13,15H2,(H,32,33). The molecular formula is C29H31N7. The van der Waals surface area contributed by atoms with Gasteiger partial charge in [0.05, 0.1) is 11.7 Å². The topological polar surface area (TPSA) is 78.9 Å². The molecule has 0 spiro atoms. The van der Waals surface area contributed by atoms with Crippen LogP contribution in [0.25, 0.3) is 22.3 Å². The number of anilines is 3. The molecule has 7 nitrogen and oxygen atoms in total. The van der Waals surface area contributed by atoms with Gasteiger partial charge in [0.15, 0.2) is 5.82 Å². The average Bonchev–Trinajstić information content (AvgIpc) is 3.32. The van der Waals surface area contributed by atoms with E-state index in [1.165, 1.54) is 43.1 Å². The molecule has 0 amide bonds. The summed E-state index contributed by atoms with van der Waals surface area (Å²) in [5.41, 5.74) is 4.23. The number of rotatable bonds is 5. The highest BCUT2D eigenvalue weighted by Gasteiger charge is 2.38. The zero-order valence-electron chi connectivity index (χ0n) is 20.4. The molecule has 0 radical (unpaired) electrons. The van der Waals surface area contributed by atoms with E-state index in [0.29, 0.717) is 18.0 Å². The minimum absolute atomic E-state index is 0.486. The number of pyridine rings is 2. The normalized spacial score (nSPS) is 21.8. The Morgan fingerprint density at radius 2 is 1.86 bits per heavy atom. The second kappa shape index (κ2) is 9.13. The fraction of sp³-hybridized carbons (Fsp3) is 0.379. The van der Waals surface area contributed by atoms with E-state index in [2.05, 4.69) is 31.7 Å². The van der Waals surface area contributed by atoms with Crippen LogP contribution in [0.3, 0.4) is 0 Å². The quantitative estimate of drug-likeness (QED) is 0.397. The summed E-state index contributed by atoms with van der Waals surface area (Å²) in [7, 11) is 0. The van der Waals surface area contributed by atoms with Crippen molar-refractivity contribution in [3.05, 3.63) is 66.6 Å². The Hall–Kier alpha value is -3.58. The lowest BCUT2D eigenvalue weighted by Gasteiger charge is -2.34. The molecule has 4 aromatic rings. The monoisotopic (exact) mass is 477 g/mol. The van der Waals surface area contributed by atoms with Gasteiger partial charge in [-0.2, -0.15) is 0 Å². The van der Waals surface area contributed by atoms with Gasteiger partial charge in [0.1, 0.15) is 11.6 Å². The van der Waals surface area contributed by atoms with Crippen molar-refractivity contribution in [2.45, 2.75) is 56.5 Å². The largest absolute Gasteiger partial charge is 0.351 e. The maximum Gasteiger partial charge on any atom is 0.162 e. The maximum atomic E-state index is 5.30. The van der Waals surface area contributed by atoms with E-state index in [0.717, 1.165) is 53.7 Å². The van der Waals surface area contributed by atoms with Crippen LogP contribution in [0, 0.1) is 0 Å². The van der Waals surface area contributed by atoms with E-state index >= 15 is 0 Å². The average molecular weight is 478 g/mol. The first-order valence-electron chi connectivity index (χ1n) is 13.3. The molecule has 3 aromatic heterocycles. The van der Waals surface area contributed by atoms with Crippen LogP contribution in [0.2, 0.25) is 0 Å². The van der Waals surface area contributed by atoms with Crippen LogP contribution in [-0.4, -0.2) is 45.1 Å². The predicted octanol–water partition coefficient (Wildman–Crippen LogP) is 5.43. The van der Waals surface area contributed by atoms with E-state index in [9.17, 15) is 0 Å². The van der Waals surface area contributed by atoms with Gasteiger partial charge in [-0.05, 0) is 74.4 Å². The van der Waals surface area contributed by atoms with E-state index in [-0.39, 0.29) is 0 Å². The molecule has 1 saturated carbocycles. The summed E-state index contributed by atoms with van der Waals surface area (Å²) in [6.45, 7) is 2.15. The summed E-state index contributed by atoms with van der Waals surface area (Å²) in [6.07, 6.45) is 13.2. The maximum absolute atomic E-state index is 5.30. The van der Waals surface area contributed by atoms with Crippen molar-refractivity contribution in [1.82, 2.24) is 25.3 Å². The van der Waals surface area contributed by atoms with Gasteiger partial charge in [-0.25, -0.2) is 15.0 Å². The summed E-state index contributed by atoms with van der Waals surface area (Å²) in [4.78, 5) is 22.1. The van der Waals surface area contributed by atoms with Gasteiger partial charge in [-0.3, -0.25) is 4.98 Å². The Labute approximate surface area is 211 Å². The van der Waals surface area contributed by atoms with Crippen molar-refractivity contribution in [1.29, 1.82) is 0 Å². The Morgan fingerprint density at radius 1 is 0.944 bits per heavy atom. The van der Waals surface area contributed by atoms with Gasteiger partial charge in [-0.15, -0.1) is 0 Å². The molecule has 7 rings (SSSR count). The Balaban J connectivity index is 1.34. The van der Waals surface area contributed by atoms with Crippen LogP contribution in [-0.2, 0) is 0 Å². The Morgan fingerprint density at radius 3 is 2.72 bits per heavy atom. The fourth-order valence-electron chi connectivity index (χ4n) is 6.07. The van der Waals surface area contributed by atoms with Gasteiger partial charge in [0, 0.05) is 47.7 Å². The molecule has 2 aliphatic heterocycles. The molecule has 2 N–H and O–H groups in total. The summed E-state index contributed by atoms with van der Waals surface area (Å²) < 4.78 is 0. The highest BCUT2D eigenvalue weighted by molar-refractivity contribution is 5.94. The summed E-state index contributed by atoms with van der Waals surface area (Å²) in [6, 6.07) is 15.2. The van der Waals surface area contributed by atoms with Gasteiger partial charge < -0.3 is 15.5 Å². The molecule has 5 heterocycles. The van der Waals surface area contributed by atoms with E-state index < -0.39 is 0 Å². The van der Waals surface area contributed by atoms with Crippen molar-refractivity contribution in [2.24, 2.45) is 0 Å². The number of nitrogens with one attached hydrogen (secondary N) is 2. The van der Waals surface area contributed by atoms with Gasteiger partial charge in [0.25, 0.3) is 0 Å². The number of hydrogen-bond donors (Lipinski definition) is 2. The fourth-order valence-corrected chi connectivity index (χ4v) is 6.07. The molecule has 2 atom stereocenters. The van der Waals surface area contributed by atoms with Crippen LogP contribution >= 0.6 is 0 Å². The van der Waals surface area contributed by atoms with E-state index in [1.807, 2.05) is 54.9 Å². The lowest BCUT2D eigenvalue weighted by atomic mass is 9.79. The van der Waals surface area contributed by atoms with Crippen LogP contribution in [0.4, 0.5) is 17.3 Å². The molecule has 0 bridgehead atoms. The number of nitrogens with zero attached hydrogens (tertiary/aromatic N) is 5. The number of piperidine rings is 1. The van der Waals surface area contributed by atoms with Crippen LogP contribution < -0.4 is 15.5 Å². The van der Waals surface area contributed by atoms with Gasteiger partial charge >= 0.3 is 0 Å². The van der Waals surface area contributed by atoms with Crippen molar-refractivity contribution >= 4 is 28.2 Å². The third-order valence-electron chi connectivity index (χ3n) is 8.13. The first-order valence-corrected chi connectivity index (χ1v) is 13.3. The molecule has 2 unspecified atom stereocenters. The number of aromatic nitrogens is 4. The highest BCUT2D eigenvalue weighted by Crippen LogP contribution is 2.43. The van der Waals surface area contributed by atoms with Crippen molar-refractivity contribution in [3.8, 4) is 11.4 Å². The summed E-state index contributed by atoms with van der Waals surface area (Å²) >= 11 is 0. The number of para-hydroxylation sites is 1. The predicted molar refractivity (Wildman–Crippen MR) is 144 cm³/mol. The van der Waals surface area contributed by atoms with Crippen LogP contribution in [0.15, 0.2) is 61.1 Å². The van der Waals surface area contributed by atoms with Crippen LogP contribution in [0.5, 0.6) is 0 Å². The van der Waals surface area contributed by atoms with E-state index in [4.69, 9.17) is 9.97 Å². The Kier molecular flexibility index (Phi) is 5.50. The van der Waals surface area contributed by atoms with Crippen molar-refractivity contribution in [2.75, 3.05) is 23.3 Å². The molecule has 1 aliphatic carbocycles. The van der Waals surface area contributed by atoms with Crippen molar-refractivity contribution in [3.63, 3.8) is 0 Å². The summed E-state index contributed by atoms with van der Waals surface area (Å²) in [5.74, 6) is 3.17. The number of benzene rings is 1. The minimum atomic E-state index is 0.486. The second-order valence-electron chi connectivity index (χ2n) is 10.3. The second-order valence-corrected chi connectivity index (χ2v) is 10.3. The lowest BCUT2D eigenvalue weighted by molar-refractivity contribution is 0.382. The SMILES string of the molecule is c1ccc(Nc2cc(-c3nc(N4CCC5NCCCC54)c4c(C5CCC5)cncc4n3)ccn2)cc1.